The molecule has 1 aromatic rings. The van der Waals surface area contributed by atoms with Gasteiger partial charge in [0.2, 0.25) is 0 Å². The number of hydrogen-bond donors (Lipinski definition) is 1. The minimum Gasteiger partial charge on any atom is -0.302 e. The minimum atomic E-state index is -0.286. The van der Waals surface area contributed by atoms with Crippen molar-refractivity contribution in [1.29, 1.82) is 0 Å². The molecule has 0 aliphatic carbocycles. The van der Waals surface area contributed by atoms with Crippen LogP contribution in [0.2, 0.25) is 0 Å². The zero-order chi connectivity index (χ0) is 13.4. The summed E-state index contributed by atoms with van der Waals surface area (Å²) in [6, 6.07) is 9.95. The van der Waals surface area contributed by atoms with Gasteiger partial charge in [-0.15, -0.1) is 0 Å². The number of hydrogen-bond acceptors (Lipinski definition) is 4. The van der Waals surface area contributed by atoms with Gasteiger partial charge in [0, 0.05) is 11.5 Å². The van der Waals surface area contributed by atoms with Crippen LogP contribution in [0.15, 0.2) is 30.3 Å². The van der Waals surface area contributed by atoms with Crippen LogP contribution in [0.1, 0.15) is 26.3 Å². The largest absolute Gasteiger partial charge is 0.302 e. The molecule has 0 radical (unpaired) electrons. The molecular weight excluding hydrogens is 246 g/mol. The van der Waals surface area contributed by atoms with E-state index in [2.05, 4.69) is 17.6 Å². The first-order valence-corrected chi connectivity index (χ1v) is 7.17. The smallest absolute Gasteiger partial charge is 0.140 e. The molecule has 3 nitrogen and oxygen atoms in total. The summed E-state index contributed by atoms with van der Waals surface area (Å²) in [7, 11) is 0. The van der Waals surface area contributed by atoms with Gasteiger partial charge in [-0.1, -0.05) is 30.3 Å². The van der Waals surface area contributed by atoms with Gasteiger partial charge in [0.1, 0.15) is 6.29 Å². The lowest BCUT2D eigenvalue weighted by Gasteiger charge is -2.22. The number of carbonyl (C=O) groups is 1. The predicted molar refractivity (Wildman–Crippen MR) is 76.4 cm³/mol. The molecule has 0 aromatic heterocycles. The molecule has 18 heavy (non-hydrogen) atoms. The van der Waals surface area contributed by atoms with Crippen molar-refractivity contribution < 1.29 is 9.63 Å². The van der Waals surface area contributed by atoms with Crippen molar-refractivity contribution >= 4 is 18.0 Å². The lowest BCUT2D eigenvalue weighted by atomic mass is 10.2. The van der Waals surface area contributed by atoms with E-state index in [1.165, 1.54) is 5.56 Å². The van der Waals surface area contributed by atoms with Crippen molar-refractivity contribution in [2.24, 2.45) is 0 Å². The number of rotatable bonds is 7. The van der Waals surface area contributed by atoms with Gasteiger partial charge in [-0.05, 0) is 26.3 Å². The predicted octanol–water partition coefficient (Wildman–Crippen LogP) is 2.81. The molecule has 4 heteroatoms. The zero-order valence-corrected chi connectivity index (χ0v) is 12.0. The number of benzene rings is 1. The highest BCUT2D eigenvalue weighted by atomic mass is 32.2. The first kappa shape index (κ1) is 15.2. The monoisotopic (exact) mass is 267 g/mol. The van der Waals surface area contributed by atoms with Crippen LogP contribution in [0.3, 0.4) is 0 Å². The highest BCUT2D eigenvalue weighted by Gasteiger charge is 2.14. The van der Waals surface area contributed by atoms with Gasteiger partial charge >= 0.3 is 0 Å². The molecule has 0 bridgehead atoms. The fourth-order valence-electron chi connectivity index (χ4n) is 1.23. The van der Waals surface area contributed by atoms with Crippen molar-refractivity contribution in [3.05, 3.63) is 35.9 Å². The highest BCUT2D eigenvalue weighted by molar-refractivity contribution is 7.98. The van der Waals surface area contributed by atoms with Crippen molar-refractivity contribution in [1.82, 2.24) is 5.48 Å². The second kappa shape index (κ2) is 7.56. The molecular formula is C14H21NO2S. The van der Waals surface area contributed by atoms with Crippen LogP contribution in [-0.4, -0.2) is 23.7 Å². The summed E-state index contributed by atoms with van der Waals surface area (Å²) in [5.74, 6) is 1.61. The Hall–Kier alpha value is -0.840. The highest BCUT2D eigenvalue weighted by Crippen LogP contribution is 2.13. The molecule has 1 rings (SSSR count). The summed E-state index contributed by atoms with van der Waals surface area (Å²) in [4.78, 5) is 16.3. The molecule has 0 spiro atoms. The van der Waals surface area contributed by atoms with E-state index >= 15 is 0 Å². The standard InChI is InChI=1S/C14H21NO2S/c1-14(2,3)17-15-13(9-16)11-18-10-12-7-5-4-6-8-12/h4-9,13,15H,10-11H2,1-3H3. The van der Waals surface area contributed by atoms with Crippen molar-refractivity contribution in [3.8, 4) is 0 Å². The number of nitrogens with one attached hydrogen (secondary N) is 1. The third-order valence-corrected chi connectivity index (χ3v) is 3.22. The number of hydroxylamine groups is 1. The minimum absolute atomic E-state index is 0.266. The molecule has 0 aliphatic rings. The summed E-state index contributed by atoms with van der Waals surface area (Å²) < 4.78 is 0. The van der Waals surface area contributed by atoms with E-state index in [4.69, 9.17) is 4.84 Å². The fourth-order valence-corrected chi connectivity index (χ4v) is 2.18. The Morgan fingerprint density at radius 2 is 2.00 bits per heavy atom. The van der Waals surface area contributed by atoms with Crippen LogP contribution in [0.4, 0.5) is 0 Å². The topological polar surface area (TPSA) is 38.3 Å². The van der Waals surface area contributed by atoms with E-state index in [9.17, 15) is 4.79 Å². The Balaban J connectivity index is 2.25. The Morgan fingerprint density at radius 3 is 2.56 bits per heavy atom. The van der Waals surface area contributed by atoms with Gasteiger partial charge in [-0.2, -0.15) is 17.2 Å². The third kappa shape index (κ3) is 6.79. The van der Waals surface area contributed by atoms with E-state index in [1.807, 2.05) is 39.0 Å². The SMILES string of the molecule is CC(C)(C)ONC(C=O)CSCc1ccccc1. The first-order chi connectivity index (χ1) is 8.51. The van der Waals surface area contributed by atoms with Gasteiger partial charge in [0.15, 0.2) is 0 Å². The average molecular weight is 267 g/mol. The molecule has 0 amide bonds. The summed E-state index contributed by atoms with van der Waals surface area (Å²) in [6.45, 7) is 5.83. The van der Waals surface area contributed by atoms with Crippen LogP contribution < -0.4 is 5.48 Å². The van der Waals surface area contributed by atoms with E-state index in [0.717, 1.165) is 12.0 Å². The van der Waals surface area contributed by atoms with Crippen LogP contribution in [-0.2, 0) is 15.4 Å². The molecule has 0 heterocycles. The van der Waals surface area contributed by atoms with Gasteiger partial charge < -0.3 is 4.79 Å². The summed E-state index contributed by atoms with van der Waals surface area (Å²) in [5.41, 5.74) is 3.79. The fraction of sp³-hybridized carbons (Fsp3) is 0.500. The summed E-state index contributed by atoms with van der Waals surface area (Å²) >= 11 is 1.72. The molecule has 0 saturated heterocycles. The maximum absolute atomic E-state index is 10.9. The molecule has 0 aliphatic heterocycles. The van der Waals surface area contributed by atoms with Crippen LogP contribution in [0.25, 0.3) is 0 Å². The first-order valence-electron chi connectivity index (χ1n) is 6.02. The summed E-state index contributed by atoms with van der Waals surface area (Å²) in [6.07, 6.45) is 0.893. The Labute approximate surface area is 113 Å². The van der Waals surface area contributed by atoms with Gasteiger partial charge in [0.05, 0.1) is 11.6 Å². The Morgan fingerprint density at radius 1 is 1.33 bits per heavy atom. The number of thioether (sulfide) groups is 1. The van der Waals surface area contributed by atoms with Crippen molar-refractivity contribution in [2.45, 2.75) is 38.2 Å². The Kier molecular flexibility index (Phi) is 6.39. The lowest BCUT2D eigenvalue weighted by molar-refractivity contribution is -0.120. The molecule has 1 atom stereocenters. The van der Waals surface area contributed by atoms with Gasteiger partial charge in [-0.25, -0.2) is 0 Å². The molecule has 0 saturated carbocycles. The van der Waals surface area contributed by atoms with Crippen LogP contribution >= 0.6 is 11.8 Å². The average Bonchev–Trinajstić information content (AvgIpc) is 2.33. The van der Waals surface area contributed by atoms with Gasteiger partial charge in [0.25, 0.3) is 0 Å². The lowest BCUT2D eigenvalue weighted by Crippen LogP contribution is -2.39. The van der Waals surface area contributed by atoms with E-state index < -0.39 is 0 Å². The molecule has 1 N–H and O–H groups in total. The van der Waals surface area contributed by atoms with E-state index in [-0.39, 0.29) is 11.6 Å². The van der Waals surface area contributed by atoms with E-state index in [0.29, 0.717) is 5.75 Å². The molecule has 0 fully saturated rings. The maximum atomic E-state index is 10.9. The molecule has 100 valence electrons. The quantitative estimate of drug-likeness (QED) is 0.609. The zero-order valence-electron chi connectivity index (χ0n) is 11.2. The summed E-state index contributed by atoms with van der Waals surface area (Å²) in [5, 5.41) is 0. The second-order valence-electron chi connectivity index (χ2n) is 5.08. The maximum Gasteiger partial charge on any atom is 0.140 e. The normalized spacial score (nSPS) is 13.3. The van der Waals surface area contributed by atoms with Crippen LogP contribution in [0.5, 0.6) is 0 Å². The third-order valence-electron chi connectivity index (χ3n) is 2.09. The van der Waals surface area contributed by atoms with Crippen molar-refractivity contribution in [3.63, 3.8) is 0 Å². The number of aldehydes is 1. The molecule has 1 aromatic carbocycles. The molecule has 1 unspecified atom stereocenters. The number of carbonyl (C=O) groups excluding carboxylic acids is 1. The van der Waals surface area contributed by atoms with Gasteiger partial charge in [-0.3, -0.25) is 4.84 Å². The Bertz CT molecular complexity index is 349. The second-order valence-corrected chi connectivity index (χ2v) is 6.11. The van der Waals surface area contributed by atoms with Crippen molar-refractivity contribution in [2.75, 3.05) is 5.75 Å². The van der Waals surface area contributed by atoms with E-state index in [1.54, 1.807) is 11.8 Å². The van der Waals surface area contributed by atoms with Crippen LogP contribution in [0, 0.1) is 0 Å².